The molecule has 1 amide bonds. The Balaban J connectivity index is 0.00000300. The van der Waals surface area contributed by atoms with E-state index in [2.05, 4.69) is 5.32 Å². The van der Waals surface area contributed by atoms with Crippen LogP contribution in [-0.4, -0.2) is 45.1 Å². The van der Waals surface area contributed by atoms with Gasteiger partial charge < -0.3 is 15.0 Å². The second kappa shape index (κ2) is 9.67. The zero-order valence-electron chi connectivity index (χ0n) is 16.5. The number of amides is 1. The molecule has 0 saturated carbocycles. The Bertz CT molecular complexity index is 1030. The zero-order valence-corrected chi connectivity index (χ0v) is 17.3. The Morgan fingerprint density at radius 2 is 1.86 bits per heavy atom. The minimum atomic E-state index is -0.757. The molecule has 0 aliphatic carbocycles. The number of likely N-dealkylation sites (N-methyl/N-ethyl adjacent to an activating group) is 2. The van der Waals surface area contributed by atoms with Crippen LogP contribution in [0.5, 0.6) is 5.75 Å². The van der Waals surface area contributed by atoms with E-state index in [-0.39, 0.29) is 24.1 Å². The van der Waals surface area contributed by atoms with Gasteiger partial charge in [-0.2, -0.15) is 0 Å². The number of methoxy groups -OCH3 is 1. The molecule has 0 saturated heterocycles. The van der Waals surface area contributed by atoms with Gasteiger partial charge in [0.2, 0.25) is 0 Å². The molecule has 0 aromatic heterocycles. The van der Waals surface area contributed by atoms with E-state index in [4.69, 9.17) is 4.74 Å². The molecular formula is C22H23ClF2N2O2. The van der Waals surface area contributed by atoms with Crippen LogP contribution in [0.2, 0.25) is 0 Å². The van der Waals surface area contributed by atoms with Crippen molar-refractivity contribution in [3.05, 3.63) is 65.7 Å². The van der Waals surface area contributed by atoms with Crippen LogP contribution < -0.4 is 10.1 Å². The van der Waals surface area contributed by atoms with Crippen LogP contribution >= 0.6 is 12.4 Å². The molecule has 154 valence electrons. The molecule has 0 unspecified atom stereocenters. The minimum Gasteiger partial charge on any atom is -0.493 e. The maximum atomic E-state index is 14.1. The molecule has 0 aliphatic rings. The summed E-state index contributed by atoms with van der Waals surface area (Å²) < 4.78 is 33.1. The molecule has 0 bridgehead atoms. The quantitative estimate of drug-likeness (QED) is 0.638. The van der Waals surface area contributed by atoms with Crippen LogP contribution in [0.25, 0.3) is 21.9 Å². The highest BCUT2D eigenvalue weighted by molar-refractivity contribution is 6.03. The van der Waals surface area contributed by atoms with Gasteiger partial charge in [-0.15, -0.1) is 12.4 Å². The lowest BCUT2D eigenvalue weighted by atomic mass is 9.96. The van der Waals surface area contributed by atoms with E-state index in [9.17, 15) is 13.6 Å². The topological polar surface area (TPSA) is 41.6 Å². The van der Waals surface area contributed by atoms with Crippen molar-refractivity contribution in [3.8, 4) is 16.9 Å². The number of nitrogens with one attached hydrogen (secondary N) is 1. The molecular weight excluding hydrogens is 398 g/mol. The number of hydrogen-bond acceptors (Lipinski definition) is 3. The predicted octanol–water partition coefficient (Wildman–Crippen LogP) is 4.51. The molecule has 3 aromatic rings. The molecule has 0 fully saturated rings. The van der Waals surface area contributed by atoms with E-state index in [0.29, 0.717) is 29.8 Å². The van der Waals surface area contributed by atoms with Crippen LogP contribution in [0.1, 0.15) is 10.4 Å². The third kappa shape index (κ3) is 4.66. The first-order valence-corrected chi connectivity index (χ1v) is 8.92. The second-order valence-electron chi connectivity index (χ2n) is 6.54. The van der Waals surface area contributed by atoms with Crippen molar-refractivity contribution in [1.82, 2.24) is 10.2 Å². The van der Waals surface area contributed by atoms with Gasteiger partial charge in [0.05, 0.1) is 7.11 Å². The average molecular weight is 421 g/mol. The maximum Gasteiger partial charge on any atom is 0.253 e. The highest BCUT2D eigenvalue weighted by Crippen LogP contribution is 2.37. The fourth-order valence-corrected chi connectivity index (χ4v) is 3.22. The van der Waals surface area contributed by atoms with Crippen molar-refractivity contribution in [2.45, 2.75) is 0 Å². The maximum absolute atomic E-state index is 14.1. The van der Waals surface area contributed by atoms with E-state index in [1.54, 1.807) is 42.3 Å². The van der Waals surface area contributed by atoms with E-state index in [1.165, 1.54) is 13.2 Å². The first kappa shape index (κ1) is 22.6. The molecule has 0 spiro atoms. The van der Waals surface area contributed by atoms with Crippen molar-refractivity contribution in [3.63, 3.8) is 0 Å². The van der Waals surface area contributed by atoms with Crippen molar-refractivity contribution < 1.29 is 18.3 Å². The predicted molar refractivity (Wildman–Crippen MR) is 114 cm³/mol. The summed E-state index contributed by atoms with van der Waals surface area (Å²) in [4.78, 5) is 14.3. The number of carbonyl (C=O) groups is 1. The van der Waals surface area contributed by atoms with Crippen LogP contribution in [-0.2, 0) is 0 Å². The number of ether oxygens (including phenoxy) is 1. The van der Waals surface area contributed by atoms with Crippen LogP contribution in [0.15, 0.2) is 48.5 Å². The highest BCUT2D eigenvalue weighted by Gasteiger charge is 2.17. The van der Waals surface area contributed by atoms with Gasteiger partial charge in [-0.3, -0.25) is 4.79 Å². The van der Waals surface area contributed by atoms with Gasteiger partial charge in [-0.1, -0.05) is 24.3 Å². The number of benzene rings is 3. The Morgan fingerprint density at radius 1 is 1.10 bits per heavy atom. The average Bonchev–Trinajstić information content (AvgIpc) is 2.70. The number of carbonyl (C=O) groups excluding carboxylic acids is 1. The normalized spacial score (nSPS) is 10.5. The lowest BCUT2D eigenvalue weighted by Gasteiger charge is -2.18. The van der Waals surface area contributed by atoms with Crippen molar-refractivity contribution >= 4 is 29.1 Å². The summed E-state index contributed by atoms with van der Waals surface area (Å²) in [6.07, 6.45) is 0. The highest BCUT2D eigenvalue weighted by atomic mass is 35.5. The number of fused-ring (bicyclic) bond motifs is 1. The summed E-state index contributed by atoms with van der Waals surface area (Å²) in [5, 5.41) is 4.59. The van der Waals surface area contributed by atoms with Crippen LogP contribution in [0.3, 0.4) is 0 Å². The molecule has 7 heteroatoms. The van der Waals surface area contributed by atoms with E-state index in [0.717, 1.165) is 16.8 Å². The summed E-state index contributed by atoms with van der Waals surface area (Å²) in [5.41, 5.74) is 1.52. The summed E-state index contributed by atoms with van der Waals surface area (Å²) >= 11 is 0. The largest absolute Gasteiger partial charge is 0.493 e. The standard InChI is InChI=1S/C22H22F2N2O2.ClH/c1-25-9-10-26(2)22(27)15-7-8-17-14(11-15)5-4-6-18(17)19-12-16(23)13-20(24)21(19)28-3;/h4-8,11-13,25H,9-10H2,1-3H3;1H. The Labute approximate surface area is 174 Å². The van der Waals surface area contributed by atoms with Gasteiger partial charge in [0.25, 0.3) is 5.91 Å². The van der Waals surface area contributed by atoms with Gasteiger partial charge >= 0.3 is 0 Å². The summed E-state index contributed by atoms with van der Waals surface area (Å²) in [6, 6.07) is 12.8. The summed E-state index contributed by atoms with van der Waals surface area (Å²) in [6.45, 7) is 1.29. The van der Waals surface area contributed by atoms with Crippen molar-refractivity contribution in [2.24, 2.45) is 0 Å². The third-order valence-corrected chi connectivity index (χ3v) is 4.67. The van der Waals surface area contributed by atoms with Gasteiger partial charge in [0.15, 0.2) is 11.6 Å². The van der Waals surface area contributed by atoms with E-state index in [1.807, 2.05) is 13.1 Å². The van der Waals surface area contributed by atoms with Gasteiger partial charge in [-0.25, -0.2) is 8.78 Å². The lowest BCUT2D eigenvalue weighted by Crippen LogP contribution is -2.32. The van der Waals surface area contributed by atoms with Crippen molar-refractivity contribution in [2.75, 3.05) is 34.3 Å². The zero-order chi connectivity index (χ0) is 20.3. The van der Waals surface area contributed by atoms with Gasteiger partial charge in [0.1, 0.15) is 5.82 Å². The van der Waals surface area contributed by atoms with Crippen molar-refractivity contribution in [1.29, 1.82) is 0 Å². The number of halogens is 3. The number of hydrogen-bond donors (Lipinski definition) is 1. The molecule has 4 nitrogen and oxygen atoms in total. The number of nitrogens with zero attached hydrogens (tertiary/aromatic N) is 1. The van der Waals surface area contributed by atoms with Crippen LogP contribution in [0.4, 0.5) is 8.78 Å². The lowest BCUT2D eigenvalue weighted by molar-refractivity contribution is 0.0797. The van der Waals surface area contributed by atoms with Gasteiger partial charge in [-0.05, 0) is 41.6 Å². The monoisotopic (exact) mass is 420 g/mol. The smallest absolute Gasteiger partial charge is 0.253 e. The number of rotatable bonds is 6. The minimum absolute atomic E-state index is 0. The molecule has 0 atom stereocenters. The Kier molecular flexibility index (Phi) is 7.53. The first-order valence-electron chi connectivity index (χ1n) is 8.92. The fraction of sp³-hybridized carbons (Fsp3) is 0.227. The molecule has 1 N–H and O–H groups in total. The molecule has 29 heavy (non-hydrogen) atoms. The Hall–Kier alpha value is -2.70. The molecule has 0 heterocycles. The van der Waals surface area contributed by atoms with E-state index < -0.39 is 11.6 Å². The fourth-order valence-electron chi connectivity index (χ4n) is 3.22. The molecule has 3 rings (SSSR count). The SMILES string of the molecule is CNCCN(C)C(=O)c1ccc2c(-c3cc(F)cc(F)c3OC)cccc2c1.Cl. The van der Waals surface area contributed by atoms with Crippen LogP contribution in [0, 0.1) is 11.6 Å². The molecule has 0 radical (unpaired) electrons. The van der Waals surface area contributed by atoms with E-state index >= 15 is 0 Å². The molecule has 0 aliphatic heterocycles. The summed E-state index contributed by atoms with van der Waals surface area (Å²) in [5.74, 6) is -1.53. The first-order chi connectivity index (χ1) is 13.5. The Morgan fingerprint density at radius 3 is 2.55 bits per heavy atom. The van der Waals surface area contributed by atoms with Gasteiger partial charge in [0, 0.05) is 37.3 Å². The third-order valence-electron chi connectivity index (χ3n) is 4.67. The molecule has 3 aromatic carbocycles. The summed E-state index contributed by atoms with van der Waals surface area (Å²) in [7, 11) is 4.93. The second-order valence-corrected chi connectivity index (χ2v) is 6.54.